The summed E-state index contributed by atoms with van der Waals surface area (Å²) in [5.74, 6) is -0.560. The van der Waals surface area contributed by atoms with Gasteiger partial charge in [-0.3, -0.25) is 4.79 Å². The van der Waals surface area contributed by atoms with E-state index < -0.39 is 5.82 Å². The molecular weight excluding hydrogens is 303 g/mol. The van der Waals surface area contributed by atoms with Crippen LogP contribution in [0.15, 0.2) is 10.6 Å². The third kappa shape index (κ3) is 2.82. The summed E-state index contributed by atoms with van der Waals surface area (Å²) < 4.78 is 30.9. The van der Waals surface area contributed by atoms with Crippen molar-refractivity contribution in [3.8, 4) is 0 Å². The fourth-order valence-corrected chi connectivity index (χ4v) is 3.08. The van der Waals surface area contributed by atoms with Gasteiger partial charge in [0.05, 0.1) is 30.2 Å². The van der Waals surface area contributed by atoms with Gasteiger partial charge in [-0.15, -0.1) is 0 Å². The summed E-state index contributed by atoms with van der Waals surface area (Å²) in [6, 6.07) is 1.62. The first-order valence-corrected chi connectivity index (χ1v) is 7.48. The van der Waals surface area contributed by atoms with Crippen LogP contribution in [-0.4, -0.2) is 50.5 Å². The van der Waals surface area contributed by atoms with E-state index in [1.54, 1.807) is 20.1 Å². The number of methoxy groups -OCH3 is 1. The molecular formula is C16H19FN2O4. The molecule has 0 N–H and O–H groups in total. The van der Waals surface area contributed by atoms with Crippen LogP contribution in [0, 0.1) is 12.7 Å². The van der Waals surface area contributed by atoms with Crippen molar-refractivity contribution in [3.63, 3.8) is 0 Å². The fraction of sp³-hybridized carbons (Fsp3) is 0.500. The monoisotopic (exact) mass is 322 g/mol. The minimum atomic E-state index is -0.560. The van der Waals surface area contributed by atoms with E-state index in [1.807, 2.05) is 11.8 Å². The molecule has 2 aromatic rings. The van der Waals surface area contributed by atoms with Gasteiger partial charge >= 0.3 is 0 Å². The van der Waals surface area contributed by atoms with Crippen LogP contribution >= 0.6 is 0 Å². The normalized spacial score (nSPS) is 21.8. The van der Waals surface area contributed by atoms with Crippen LogP contribution in [0.3, 0.4) is 0 Å². The lowest BCUT2D eigenvalue weighted by Crippen LogP contribution is -2.49. The summed E-state index contributed by atoms with van der Waals surface area (Å²) in [4.78, 5) is 13.3. The van der Waals surface area contributed by atoms with Crippen LogP contribution in [0.1, 0.15) is 23.0 Å². The number of carbonyl (C=O) groups is 1. The van der Waals surface area contributed by atoms with Gasteiger partial charge in [-0.05, 0) is 19.9 Å². The smallest absolute Gasteiger partial charge is 0.204 e. The average Bonchev–Trinajstić information content (AvgIpc) is 2.88. The molecule has 6 nitrogen and oxygen atoms in total. The molecule has 1 aromatic heterocycles. The molecule has 1 aromatic carbocycles. The number of halogens is 1. The van der Waals surface area contributed by atoms with E-state index in [2.05, 4.69) is 5.16 Å². The summed E-state index contributed by atoms with van der Waals surface area (Å²) >= 11 is 0. The minimum Gasteiger partial charge on any atom is -0.382 e. The van der Waals surface area contributed by atoms with Gasteiger partial charge in [0.2, 0.25) is 5.58 Å². The van der Waals surface area contributed by atoms with Crippen LogP contribution in [0.25, 0.3) is 11.0 Å². The zero-order valence-corrected chi connectivity index (χ0v) is 13.3. The maximum atomic E-state index is 14.9. The molecule has 1 saturated heterocycles. The van der Waals surface area contributed by atoms with Gasteiger partial charge in [0.15, 0.2) is 12.1 Å². The van der Waals surface area contributed by atoms with Crippen LogP contribution in [0.5, 0.6) is 0 Å². The lowest BCUT2D eigenvalue weighted by Gasteiger charge is -2.38. The van der Waals surface area contributed by atoms with E-state index in [0.29, 0.717) is 37.1 Å². The Morgan fingerprint density at radius 1 is 1.52 bits per heavy atom. The largest absolute Gasteiger partial charge is 0.382 e. The molecule has 1 aliphatic heterocycles. The number of nitrogens with zero attached hydrogens (tertiary/aromatic N) is 2. The first kappa shape index (κ1) is 15.9. The van der Waals surface area contributed by atoms with Crippen molar-refractivity contribution in [2.24, 2.45) is 0 Å². The second kappa shape index (κ2) is 6.25. The van der Waals surface area contributed by atoms with Crippen LogP contribution in [0.4, 0.5) is 10.1 Å². The number of benzene rings is 1. The fourth-order valence-electron chi connectivity index (χ4n) is 3.08. The molecule has 23 heavy (non-hydrogen) atoms. The van der Waals surface area contributed by atoms with Crippen molar-refractivity contribution in [1.82, 2.24) is 5.16 Å². The molecule has 0 bridgehead atoms. The average molecular weight is 322 g/mol. The minimum absolute atomic E-state index is 0.0746. The number of aldehydes is 1. The number of aromatic nitrogens is 1. The molecule has 1 fully saturated rings. The van der Waals surface area contributed by atoms with Crippen molar-refractivity contribution in [2.75, 3.05) is 31.7 Å². The Morgan fingerprint density at radius 3 is 3.00 bits per heavy atom. The summed E-state index contributed by atoms with van der Waals surface area (Å²) in [7, 11) is 1.59. The van der Waals surface area contributed by atoms with Gasteiger partial charge in [0.25, 0.3) is 0 Å². The molecule has 0 amide bonds. The zero-order chi connectivity index (χ0) is 16.6. The highest BCUT2D eigenvalue weighted by Crippen LogP contribution is 2.34. The molecule has 2 heterocycles. The Morgan fingerprint density at radius 2 is 2.30 bits per heavy atom. The van der Waals surface area contributed by atoms with Crippen molar-refractivity contribution < 1.29 is 23.2 Å². The maximum absolute atomic E-state index is 14.9. The Kier molecular flexibility index (Phi) is 4.32. The highest BCUT2D eigenvalue weighted by Gasteiger charge is 2.30. The highest BCUT2D eigenvalue weighted by molar-refractivity contribution is 5.95. The van der Waals surface area contributed by atoms with E-state index >= 15 is 0 Å². The first-order valence-electron chi connectivity index (χ1n) is 7.48. The number of aryl methyl sites for hydroxylation is 1. The van der Waals surface area contributed by atoms with Crippen LogP contribution < -0.4 is 4.90 Å². The predicted octanol–water partition coefficient (Wildman–Crippen LogP) is 2.33. The van der Waals surface area contributed by atoms with E-state index in [-0.39, 0.29) is 29.0 Å². The Balaban J connectivity index is 2.07. The van der Waals surface area contributed by atoms with Crippen molar-refractivity contribution in [2.45, 2.75) is 26.1 Å². The van der Waals surface area contributed by atoms with Crippen molar-refractivity contribution >= 4 is 22.9 Å². The molecule has 2 atom stereocenters. The highest BCUT2D eigenvalue weighted by atomic mass is 19.1. The van der Waals surface area contributed by atoms with E-state index in [9.17, 15) is 9.18 Å². The molecule has 0 radical (unpaired) electrons. The topological polar surface area (TPSA) is 64.8 Å². The molecule has 3 rings (SSSR count). The molecule has 124 valence electrons. The van der Waals surface area contributed by atoms with E-state index in [1.165, 1.54) is 0 Å². The number of rotatable bonds is 4. The number of anilines is 1. The second-order valence-electron chi connectivity index (χ2n) is 5.82. The Labute approximate surface area is 133 Å². The summed E-state index contributed by atoms with van der Waals surface area (Å²) in [6.45, 7) is 4.95. The third-order valence-corrected chi connectivity index (χ3v) is 4.01. The quantitative estimate of drug-likeness (QED) is 0.805. The van der Waals surface area contributed by atoms with Gasteiger partial charge in [-0.2, -0.15) is 0 Å². The summed E-state index contributed by atoms with van der Waals surface area (Å²) in [5, 5.41) is 4.30. The number of morpholine rings is 1. The lowest BCUT2D eigenvalue weighted by atomic mass is 10.1. The lowest BCUT2D eigenvalue weighted by molar-refractivity contribution is -0.0512. The summed E-state index contributed by atoms with van der Waals surface area (Å²) in [6.07, 6.45) is 0.375. The molecule has 1 aliphatic rings. The predicted molar refractivity (Wildman–Crippen MR) is 82.5 cm³/mol. The third-order valence-electron chi connectivity index (χ3n) is 4.01. The van der Waals surface area contributed by atoms with Gasteiger partial charge in [-0.1, -0.05) is 5.16 Å². The molecule has 0 aliphatic carbocycles. The van der Waals surface area contributed by atoms with E-state index in [4.69, 9.17) is 14.0 Å². The molecule has 0 unspecified atom stereocenters. The van der Waals surface area contributed by atoms with Gasteiger partial charge in [0, 0.05) is 31.1 Å². The maximum Gasteiger partial charge on any atom is 0.204 e. The van der Waals surface area contributed by atoms with Crippen molar-refractivity contribution in [1.29, 1.82) is 0 Å². The Bertz CT molecular complexity index is 730. The van der Waals surface area contributed by atoms with Gasteiger partial charge < -0.3 is 18.9 Å². The van der Waals surface area contributed by atoms with Crippen LogP contribution in [0.2, 0.25) is 0 Å². The van der Waals surface area contributed by atoms with Gasteiger partial charge in [-0.25, -0.2) is 4.39 Å². The number of hydrogen-bond acceptors (Lipinski definition) is 6. The number of fused-ring (bicyclic) bond motifs is 1. The molecule has 0 spiro atoms. The Hall–Kier alpha value is -1.99. The zero-order valence-electron chi connectivity index (χ0n) is 13.3. The second-order valence-corrected chi connectivity index (χ2v) is 5.82. The SMILES string of the molecule is COC[C@@H]1CN(c2c(C=O)cc3c(C)noc3c2F)C[C@H](C)O1. The van der Waals surface area contributed by atoms with Gasteiger partial charge in [0.1, 0.15) is 0 Å². The first-order chi connectivity index (χ1) is 11.0. The molecule has 0 saturated carbocycles. The van der Waals surface area contributed by atoms with Crippen molar-refractivity contribution in [3.05, 3.63) is 23.1 Å². The number of hydrogen-bond donors (Lipinski definition) is 0. The molecule has 7 heteroatoms. The number of carbonyl (C=O) groups excluding carboxylic acids is 1. The number of ether oxygens (including phenoxy) is 2. The summed E-state index contributed by atoms with van der Waals surface area (Å²) in [5.41, 5.74) is 1.15. The standard InChI is InChI=1S/C16H19FN2O4/c1-9-5-19(6-12(22-9)8-21-3)15-11(7-20)4-13-10(2)18-23-16(13)14(15)17/h4,7,9,12H,5-6,8H2,1-3H3/t9-,12-/m0/s1. The van der Waals surface area contributed by atoms with E-state index in [0.717, 1.165) is 0 Å². The van der Waals surface area contributed by atoms with Crippen LogP contribution in [-0.2, 0) is 9.47 Å².